The molecule has 0 aliphatic heterocycles. The maximum Gasteiger partial charge on any atom is -0.0327 e. The molecule has 0 heterocycles. The number of hydrogen-bond acceptors (Lipinski definition) is 0. The molecule has 0 aliphatic carbocycles. The monoisotopic (exact) mass is 264 g/mol. The summed E-state index contributed by atoms with van der Waals surface area (Å²) in [5, 5.41) is 0. The molecule has 0 heteroatoms. The zero-order valence-electron chi connectivity index (χ0n) is 13.7. The predicted octanol–water partition coefficient (Wildman–Crippen LogP) is 7.07. The largest absolute Gasteiger partial charge is 0.0885 e. The van der Waals surface area contributed by atoms with Gasteiger partial charge in [-0.2, -0.15) is 0 Å². The van der Waals surface area contributed by atoms with Gasteiger partial charge < -0.3 is 0 Å². The SMILES string of the molecule is CCCCCCC/C=C/CCCC/C=C/CC(C)C. The van der Waals surface area contributed by atoms with Gasteiger partial charge in [0.15, 0.2) is 0 Å². The third-order valence-electron chi connectivity index (χ3n) is 3.41. The first-order chi connectivity index (χ1) is 9.27. The Morgan fingerprint density at radius 2 is 1.11 bits per heavy atom. The highest BCUT2D eigenvalue weighted by Crippen LogP contribution is 2.07. The van der Waals surface area contributed by atoms with Gasteiger partial charge in [-0.1, -0.05) is 70.8 Å². The first kappa shape index (κ1) is 18.5. The molecule has 0 nitrogen and oxygen atoms in total. The number of allylic oxidation sites excluding steroid dienone is 4. The third kappa shape index (κ3) is 17.5. The Balaban J connectivity index is 3.14. The fourth-order valence-electron chi connectivity index (χ4n) is 2.11. The van der Waals surface area contributed by atoms with Crippen molar-refractivity contribution < 1.29 is 0 Å². The van der Waals surface area contributed by atoms with Crippen LogP contribution in [0.5, 0.6) is 0 Å². The van der Waals surface area contributed by atoms with Gasteiger partial charge in [0.1, 0.15) is 0 Å². The molecule has 19 heavy (non-hydrogen) atoms. The molecule has 0 saturated carbocycles. The molecule has 0 rings (SSSR count). The molecule has 0 radical (unpaired) electrons. The lowest BCUT2D eigenvalue weighted by Gasteiger charge is -1.97. The molecule has 0 unspecified atom stereocenters. The lowest BCUT2D eigenvalue weighted by Crippen LogP contribution is -1.81. The second-order valence-electron chi connectivity index (χ2n) is 6.06. The first-order valence-electron chi connectivity index (χ1n) is 8.57. The molecule has 0 fully saturated rings. The van der Waals surface area contributed by atoms with Crippen molar-refractivity contribution >= 4 is 0 Å². The summed E-state index contributed by atoms with van der Waals surface area (Å²) in [7, 11) is 0. The van der Waals surface area contributed by atoms with Gasteiger partial charge in [0.05, 0.1) is 0 Å². The van der Waals surface area contributed by atoms with Crippen LogP contribution in [0, 0.1) is 5.92 Å². The molecule has 112 valence electrons. The lowest BCUT2D eigenvalue weighted by molar-refractivity contribution is 0.636. The fourth-order valence-corrected chi connectivity index (χ4v) is 2.11. The topological polar surface area (TPSA) is 0 Å². The van der Waals surface area contributed by atoms with Crippen molar-refractivity contribution in [2.24, 2.45) is 5.92 Å². The van der Waals surface area contributed by atoms with Crippen LogP contribution >= 0.6 is 0 Å². The van der Waals surface area contributed by atoms with Crippen molar-refractivity contribution in [3.05, 3.63) is 24.3 Å². The van der Waals surface area contributed by atoms with E-state index in [9.17, 15) is 0 Å². The minimum atomic E-state index is 0.802. The van der Waals surface area contributed by atoms with Crippen molar-refractivity contribution in [3.8, 4) is 0 Å². The Hall–Kier alpha value is -0.520. The minimum Gasteiger partial charge on any atom is -0.0885 e. The second-order valence-corrected chi connectivity index (χ2v) is 6.06. The van der Waals surface area contributed by atoms with E-state index < -0.39 is 0 Å². The van der Waals surface area contributed by atoms with Crippen LogP contribution in [0.15, 0.2) is 24.3 Å². The van der Waals surface area contributed by atoms with Crippen LogP contribution in [-0.4, -0.2) is 0 Å². The van der Waals surface area contributed by atoms with E-state index in [4.69, 9.17) is 0 Å². The van der Waals surface area contributed by atoms with Gasteiger partial charge in [0.2, 0.25) is 0 Å². The zero-order valence-corrected chi connectivity index (χ0v) is 13.7. The maximum absolute atomic E-state index is 2.39. The Morgan fingerprint density at radius 3 is 1.63 bits per heavy atom. The van der Waals surface area contributed by atoms with Gasteiger partial charge in [-0.3, -0.25) is 0 Å². The predicted molar refractivity (Wildman–Crippen MR) is 89.6 cm³/mol. The lowest BCUT2D eigenvalue weighted by atomic mass is 10.1. The second kappa shape index (κ2) is 15.5. The van der Waals surface area contributed by atoms with E-state index in [2.05, 4.69) is 45.1 Å². The van der Waals surface area contributed by atoms with Crippen molar-refractivity contribution in [2.75, 3.05) is 0 Å². The fraction of sp³-hybridized carbons (Fsp3) is 0.789. The zero-order chi connectivity index (χ0) is 14.2. The summed E-state index contributed by atoms with van der Waals surface area (Å²) in [5.74, 6) is 0.802. The molecule has 0 spiro atoms. The summed E-state index contributed by atoms with van der Waals surface area (Å²) in [6, 6.07) is 0. The Labute approximate surface area is 122 Å². The molecule has 0 aromatic heterocycles. The van der Waals surface area contributed by atoms with Crippen LogP contribution in [0.4, 0.5) is 0 Å². The van der Waals surface area contributed by atoms with E-state index in [1.54, 1.807) is 0 Å². The summed E-state index contributed by atoms with van der Waals surface area (Å²) in [6.45, 7) is 6.83. The Bertz CT molecular complexity index is 210. The van der Waals surface area contributed by atoms with Gasteiger partial charge in [0.25, 0.3) is 0 Å². The molecular formula is C19H36. The molecular weight excluding hydrogens is 228 g/mol. The number of rotatable bonds is 13. The Morgan fingerprint density at radius 1 is 0.632 bits per heavy atom. The van der Waals surface area contributed by atoms with Gasteiger partial charge in [0, 0.05) is 0 Å². The van der Waals surface area contributed by atoms with Crippen LogP contribution in [0.2, 0.25) is 0 Å². The highest BCUT2D eigenvalue weighted by atomic mass is 13.9. The summed E-state index contributed by atoms with van der Waals surface area (Å²) < 4.78 is 0. The first-order valence-corrected chi connectivity index (χ1v) is 8.57. The van der Waals surface area contributed by atoms with E-state index in [1.807, 2.05) is 0 Å². The van der Waals surface area contributed by atoms with Crippen LogP contribution in [0.3, 0.4) is 0 Å². The average molecular weight is 264 g/mol. The Kier molecular flexibility index (Phi) is 15.1. The highest BCUT2D eigenvalue weighted by Gasteiger charge is 1.88. The van der Waals surface area contributed by atoms with Crippen LogP contribution in [0.25, 0.3) is 0 Å². The van der Waals surface area contributed by atoms with Gasteiger partial charge in [-0.15, -0.1) is 0 Å². The van der Waals surface area contributed by atoms with E-state index in [0.29, 0.717) is 0 Å². The molecule has 0 amide bonds. The van der Waals surface area contributed by atoms with Crippen LogP contribution in [0.1, 0.15) is 91.4 Å². The van der Waals surface area contributed by atoms with E-state index in [1.165, 1.54) is 70.6 Å². The van der Waals surface area contributed by atoms with Crippen molar-refractivity contribution in [1.82, 2.24) is 0 Å². The number of hydrogen-bond donors (Lipinski definition) is 0. The number of unbranched alkanes of at least 4 members (excludes halogenated alkanes) is 8. The molecule has 0 bridgehead atoms. The van der Waals surface area contributed by atoms with E-state index in [0.717, 1.165) is 5.92 Å². The van der Waals surface area contributed by atoms with Gasteiger partial charge in [-0.05, 0) is 50.9 Å². The summed E-state index contributed by atoms with van der Waals surface area (Å²) in [5.41, 5.74) is 0. The summed E-state index contributed by atoms with van der Waals surface area (Å²) in [6.07, 6.45) is 24.2. The normalized spacial score (nSPS) is 12.2. The smallest absolute Gasteiger partial charge is 0.0327 e. The molecule has 0 aromatic carbocycles. The van der Waals surface area contributed by atoms with Gasteiger partial charge in [-0.25, -0.2) is 0 Å². The molecule has 0 aliphatic rings. The van der Waals surface area contributed by atoms with E-state index in [-0.39, 0.29) is 0 Å². The molecule has 0 N–H and O–H groups in total. The van der Waals surface area contributed by atoms with Crippen LogP contribution in [-0.2, 0) is 0 Å². The minimum absolute atomic E-state index is 0.802. The average Bonchev–Trinajstić information content (AvgIpc) is 2.39. The van der Waals surface area contributed by atoms with Crippen LogP contribution < -0.4 is 0 Å². The van der Waals surface area contributed by atoms with Crippen molar-refractivity contribution in [3.63, 3.8) is 0 Å². The third-order valence-corrected chi connectivity index (χ3v) is 3.41. The molecule has 0 atom stereocenters. The van der Waals surface area contributed by atoms with Gasteiger partial charge >= 0.3 is 0 Å². The maximum atomic E-state index is 2.39. The highest BCUT2D eigenvalue weighted by molar-refractivity contribution is 4.84. The van der Waals surface area contributed by atoms with Crippen molar-refractivity contribution in [1.29, 1.82) is 0 Å². The standard InChI is InChI=1S/C19H36/c1-4-5-6-7-8-9-10-11-12-13-14-15-16-17-18-19(2)3/h10-11,16-17,19H,4-9,12-15,18H2,1-3H3/b11-10+,17-16+. The molecule has 0 aromatic rings. The van der Waals surface area contributed by atoms with E-state index >= 15 is 0 Å². The van der Waals surface area contributed by atoms with Crippen molar-refractivity contribution in [2.45, 2.75) is 91.4 Å². The summed E-state index contributed by atoms with van der Waals surface area (Å²) in [4.78, 5) is 0. The quantitative estimate of drug-likeness (QED) is 0.246. The summed E-state index contributed by atoms with van der Waals surface area (Å²) >= 11 is 0. The molecule has 0 saturated heterocycles.